The van der Waals surface area contributed by atoms with Crippen LogP contribution in [0.4, 0.5) is 0 Å². The molecule has 0 spiro atoms. The summed E-state index contributed by atoms with van der Waals surface area (Å²) >= 11 is 0. The second-order valence-corrected chi connectivity index (χ2v) is 6.07. The normalized spacial score (nSPS) is 17.1. The van der Waals surface area contributed by atoms with E-state index in [1.54, 1.807) is 12.0 Å². The number of likely N-dealkylation sites (tertiary alicyclic amines) is 1. The van der Waals surface area contributed by atoms with Crippen molar-refractivity contribution < 1.29 is 19.1 Å². The Kier molecular flexibility index (Phi) is 7.21. The molecule has 0 bridgehead atoms. The summed E-state index contributed by atoms with van der Waals surface area (Å²) in [5, 5.41) is 0. The smallest absolute Gasteiger partial charge is 0.310 e. The Balaban J connectivity index is 0.000000254. The highest BCUT2D eigenvalue weighted by Gasteiger charge is 2.37. The van der Waals surface area contributed by atoms with Crippen LogP contribution >= 0.6 is 0 Å². The fraction of sp³-hybridized carbons (Fsp3) is 0.333. The molecule has 0 aliphatic carbocycles. The first kappa shape index (κ1) is 19.5. The number of carbonyl (C=O) groups excluding carboxylic acids is 2. The van der Waals surface area contributed by atoms with Crippen molar-refractivity contribution in [2.45, 2.75) is 19.4 Å². The van der Waals surface area contributed by atoms with Crippen molar-refractivity contribution in [3.8, 4) is 5.75 Å². The molecule has 1 fully saturated rings. The number of amides is 1. The Morgan fingerprint density at radius 2 is 1.62 bits per heavy atom. The molecule has 138 valence electrons. The molecule has 0 N–H and O–H groups in total. The van der Waals surface area contributed by atoms with Gasteiger partial charge in [0.15, 0.2) is 0 Å². The molecule has 2 aromatic rings. The van der Waals surface area contributed by atoms with Crippen LogP contribution in [0.1, 0.15) is 24.9 Å². The zero-order chi connectivity index (χ0) is 18.9. The Morgan fingerprint density at radius 1 is 1.04 bits per heavy atom. The minimum Gasteiger partial charge on any atom is -0.497 e. The summed E-state index contributed by atoms with van der Waals surface area (Å²) in [5.74, 6) is 0.300. The summed E-state index contributed by atoms with van der Waals surface area (Å²) in [7, 11) is 3.02. The summed E-state index contributed by atoms with van der Waals surface area (Å²) in [6.45, 7) is 2.43. The first-order chi connectivity index (χ1) is 12.6. The van der Waals surface area contributed by atoms with Gasteiger partial charge in [-0.2, -0.15) is 0 Å². The number of methoxy groups -OCH3 is 2. The van der Waals surface area contributed by atoms with Crippen LogP contribution in [0.5, 0.6) is 5.75 Å². The van der Waals surface area contributed by atoms with Crippen molar-refractivity contribution in [2.24, 2.45) is 5.92 Å². The molecule has 2 atom stereocenters. The quantitative estimate of drug-likeness (QED) is 0.788. The summed E-state index contributed by atoms with van der Waals surface area (Å²) in [6, 6.07) is 19.5. The second kappa shape index (κ2) is 9.61. The molecular formula is C21H25NO4. The van der Waals surface area contributed by atoms with Crippen molar-refractivity contribution in [1.29, 1.82) is 0 Å². The molecular weight excluding hydrogens is 330 g/mol. The van der Waals surface area contributed by atoms with Crippen LogP contribution in [-0.4, -0.2) is 37.5 Å². The van der Waals surface area contributed by atoms with E-state index < -0.39 is 0 Å². The van der Waals surface area contributed by atoms with Gasteiger partial charge >= 0.3 is 5.97 Å². The lowest BCUT2D eigenvalue weighted by atomic mass is 10.1. The van der Waals surface area contributed by atoms with E-state index in [0.717, 1.165) is 11.3 Å². The molecule has 1 heterocycles. The number of hydrogen-bond donors (Lipinski definition) is 0. The zero-order valence-electron chi connectivity index (χ0n) is 15.4. The Bertz CT molecular complexity index is 702. The Morgan fingerprint density at radius 3 is 2.12 bits per heavy atom. The number of nitrogens with zero attached hydrogens (tertiary/aromatic N) is 1. The molecule has 5 nitrogen and oxygen atoms in total. The van der Waals surface area contributed by atoms with E-state index in [0.29, 0.717) is 6.54 Å². The van der Waals surface area contributed by atoms with Crippen LogP contribution in [0.2, 0.25) is 0 Å². The molecule has 0 radical (unpaired) electrons. The van der Waals surface area contributed by atoms with Gasteiger partial charge in [-0.25, -0.2) is 0 Å². The van der Waals surface area contributed by atoms with E-state index in [4.69, 9.17) is 9.47 Å². The average Bonchev–Trinajstić information content (AvgIpc) is 3.10. The van der Waals surface area contributed by atoms with Gasteiger partial charge in [0, 0.05) is 13.0 Å². The summed E-state index contributed by atoms with van der Waals surface area (Å²) in [4.78, 5) is 25.1. The third-order valence-electron chi connectivity index (χ3n) is 4.42. The van der Waals surface area contributed by atoms with Crippen molar-refractivity contribution in [3.05, 3.63) is 66.2 Å². The fourth-order valence-electron chi connectivity index (χ4n) is 2.90. The van der Waals surface area contributed by atoms with Crippen molar-refractivity contribution >= 4 is 11.9 Å². The van der Waals surface area contributed by atoms with Gasteiger partial charge in [-0.3, -0.25) is 9.59 Å². The molecule has 0 saturated carbocycles. The van der Waals surface area contributed by atoms with E-state index in [9.17, 15) is 9.59 Å². The third kappa shape index (κ3) is 5.09. The molecule has 5 heteroatoms. The summed E-state index contributed by atoms with van der Waals surface area (Å²) < 4.78 is 9.61. The van der Waals surface area contributed by atoms with Gasteiger partial charge in [0.25, 0.3) is 0 Å². The highest BCUT2D eigenvalue weighted by molar-refractivity contribution is 5.87. The second-order valence-electron chi connectivity index (χ2n) is 6.07. The van der Waals surface area contributed by atoms with Gasteiger partial charge in [0.2, 0.25) is 5.91 Å². The average molecular weight is 355 g/mol. The van der Waals surface area contributed by atoms with E-state index in [2.05, 4.69) is 0 Å². The SMILES string of the molecule is COC(=O)C1CC(=O)N(C(C)c2ccccc2)C1.COc1ccccc1. The summed E-state index contributed by atoms with van der Waals surface area (Å²) in [6.07, 6.45) is 0.254. The molecule has 2 aromatic carbocycles. The lowest BCUT2D eigenvalue weighted by Crippen LogP contribution is -2.29. The number of esters is 1. The Hall–Kier alpha value is -2.82. The molecule has 0 aromatic heterocycles. The van der Waals surface area contributed by atoms with Crippen LogP contribution in [0, 0.1) is 5.92 Å². The molecule has 1 aliphatic heterocycles. The number of hydrogen-bond acceptors (Lipinski definition) is 4. The van der Waals surface area contributed by atoms with E-state index in [1.165, 1.54) is 7.11 Å². The first-order valence-electron chi connectivity index (χ1n) is 8.58. The van der Waals surface area contributed by atoms with Gasteiger partial charge < -0.3 is 14.4 Å². The number of ether oxygens (including phenoxy) is 2. The minimum absolute atomic E-state index is 0.00615. The number of carbonyl (C=O) groups is 2. The molecule has 3 rings (SSSR count). The number of rotatable bonds is 4. The van der Waals surface area contributed by atoms with E-state index >= 15 is 0 Å². The highest BCUT2D eigenvalue weighted by atomic mass is 16.5. The van der Waals surface area contributed by atoms with Crippen LogP contribution in [-0.2, 0) is 14.3 Å². The predicted octanol–water partition coefficient (Wildman–Crippen LogP) is 3.46. The third-order valence-corrected chi connectivity index (χ3v) is 4.42. The van der Waals surface area contributed by atoms with Gasteiger partial charge in [-0.1, -0.05) is 48.5 Å². The van der Waals surface area contributed by atoms with Crippen molar-refractivity contribution in [1.82, 2.24) is 4.90 Å². The van der Waals surface area contributed by atoms with Gasteiger partial charge in [0.1, 0.15) is 5.75 Å². The summed E-state index contributed by atoms with van der Waals surface area (Å²) in [5.41, 5.74) is 1.08. The lowest BCUT2D eigenvalue weighted by molar-refractivity contribution is -0.145. The molecule has 1 amide bonds. The first-order valence-corrected chi connectivity index (χ1v) is 8.58. The maximum Gasteiger partial charge on any atom is 0.310 e. The monoisotopic (exact) mass is 355 g/mol. The van der Waals surface area contributed by atoms with Crippen molar-refractivity contribution in [2.75, 3.05) is 20.8 Å². The molecule has 1 aliphatic rings. The molecule has 1 saturated heterocycles. The van der Waals surface area contributed by atoms with Gasteiger partial charge in [0.05, 0.1) is 26.2 Å². The van der Waals surface area contributed by atoms with Crippen LogP contribution < -0.4 is 4.74 Å². The molecule has 2 unspecified atom stereocenters. The van der Waals surface area contributed by atoms with Crippen LogP contribution in [0.15, 0.2) is 60.7 Å². The standard InChI is InChI=1S/C14H17NO3.C7H8O/c1-10(11-6-4-3-5-7-11)15-9-12(8-13(15)16)14(17)18-2;1-8-7-5-3-2-4-6-7/h3-7,10,12H,8-9H2,1-2H3;2-6H,1H3. The minimum atomic E-state index is -0.325. The van der Waals surface area contributed by atoms with E-state index in [-0.39, 0.29) is 30.3 Å². The van der Waals surface area contributed by atoms with Gasteiger partial charge in [-0.05, 0) is 24.6 Å². The topological polar surface area (TPSA) is 55.8 Å². The highest BCUT2D eigenvalue weighted by Crippen LogP contribution is 2.28. The van der Waals surface area contributed by atoms with Crippen LogP contribution in [0.3, 0.4) is 0 Å². The van der Waals surface area contributed by atoms with E-state index in [1.807, 2.05) is 67.6 Å². The maximum absolute atomic E-state index is 11.9. The Labute approximate surface area is 154 Å². The largest absolute Gasteiger partial charge is 0.497 e. The zero-order valence-corrected chi connectivity index (χ0v) is 15.4. The predicted molar refractivity (Wildman–Crippen MR) is 99.7 cm³/mol. The van der Waals surface area contributed by atoms with Gasteiger partial charge in [-0.15, -0.1) is 0 Å². The maximum atomic E-state index is 11.9. The number of para-hydroxylation sites is 1. The van der Waals surface area contributed by atoms with Crippen LogP contribution in [0.25, 0.3) is 0 Å². The number of benzene rings is 2. The lowest BCUT2D eigenvalue weighted by Gasteiger charge is -2.25. The fourth-order valence-corrected chi connectivity index (χ4v) is 2.90. The molecule has 26 heavy (non-hydrogen) atoms. The van der Waals surface area contributed by atoms with Crippen molar-refractivity contribution in [3.63, 3.8) is 0 Å².